The van der Waals surface area contributed by atoms with Crippen molar-refractivity contribution in [3.63, 3.8) is 0 Å². The van der Waals surface area contributed by atoms with Crippen molar-refractivity contribution < 1.29 is 9.21 Å². The maximum absolute atomic E-state index is 12.0. The number of fused-ring (bicyclic) bond motifs is 2. The van der Waals surface area contributed by atoms with Crippen LogP contribution < -0.4 is 5.32 Å². The Bertz CT molecular complexity index is 1030. The average molecular weight is 333 g/mol. The number of rotatable bonds is 4. The molecule has 0 aliphatic carbocycles. The summed E-state index contributed by atoms with van der Waals surface area (Å²) >= 11 is 0. The van der Waals surface area contributed by atoms with Gasteiger partial charge in [0, 0.05) is 22.9 Å². The summed E-state index contributed by atoms with van der Waals surface area (Å²) in [5.74, 6) is 1.05. The van der Waals surface area contributed by atoms with Gasteiger partial charge in [-0.3, -0.25) is 9.89 Å². The monoisotopic (exact) mass is 333 g/mol. The topological polar surface area (TPSA) is 70.9 Å². The fraction of sp³-hybridized carbons (Fsp3) is 0.200. The van der Waals surface area contributed by atoms with Crippen molar-refractivity contribution in [1.82, 2.24) is 10.2 Å². The zero-order valence-corrected chi connectivity index (χ0v) is 14.2. The SMILES string of the molecule is CC(C)CC(=O)Nc1ccc2[nH]nc(-c3cc4ccccc4o3)c2c1. The van der Waals surface area contributed by atoms with Crippen LogP contribution in [0, 0.1) is 5.92 Å². The normalized spacial score (nSPS) is 11.5. The lowest BCUT2D eigenvalue weighted by atomic mass is 10.1. The molecule has 0 aliphatic rings. The molecule has 2 heterocycles. The zero-order valence-electron chi connectivity index (χ0n) is 14.2. The summed E-state index contributed by atoms with van der Waals surface area (Å²) < 4.78 is 5.92. The number of nitrogens with zero attached hydrogens (tertiary/aromatic N) is 1. The summed E-state index contributed by atoms with van der Waals surface area (Å²) in [5, 5.41) is 12.3. The van der Waals surface area contributed by atoms with Gasteiger partial charge in [-0.1, -0.05) is 32.0 Å². The molecule has 2 aromatic heterocycles. The Kier molecular flexibility index (Phi) is 3.76. The van der Waals surface area contributed by atoms with E-state index in [4.69, 9.17) is 4.42 Å². The molecule has 0 atom stereocenters. The number of aromatic amines is 1. The van der Waals surface area contributed by atoms with Crippen molar-refractivity contribution in [1.29, 1.82) is 0 Å². The molecule has 2 N–H and O–H groups in total. The van der Waals surface area contributed by atoms with Crippen molar-refractivity contribution in [2.45, 2.75) is 20.3 Å². The summed E-state index contributed by atoms with van der Waals surface area (Å²) in [4.78, 5) is 12.0. The van der Waals surface area contributed by atoms with Gasteiger partial charge < -0.3 is 9.73 Å². The van der Waals surface area contributed by atoms with Gasteiger partial charge in [-0.05, 0) is 36.2 Å². The highest BCUT2D eigenvalue weighted by atomic mass is 16.3. The van der Waals surface area contributed by atoms with Crippen molar-refractivity contribution in [3.8, 4) is 11.5 Å². The first-order valence-corrected chi connectivity index (χ1v) is 8.37. The van der Waals surface area contributed by atoms with Gasteiger partial charge in [0.25, 0.3) is 0 Å². The maximum Gasteiger partial charge on any atom is 0.224 e. The van der Waals surface area contributed by atoms with Crippen LogP contribution in [0.1, 0.15) is 20.3 Å². The zero-order chi connectivity index (χ0) is 17.4. The first-order valence-electron chi connectivity index (χ1n) is 8.37. The molecule has 0 saturated carbocycles. The molecule has 25 heavy (non-hydrogen) atoms. The third kappa shape index (κ3) is 3.01. The van der Waals surface area contributed by atoms with Crippen molar-refractivity contribution in [2.24, 2.45) is 5.92 Å². The molecule has 1 amide bonds. The van der Waals surface area contributed by atoms with E-state index in [2.05, 4.69) is 15.5 Å². The Morgan fingerprint density at radius 3 is 2.84 bits per heavy atom. The van der Waals surface area contributed by atoms with Gasteiger partial charge in [-0.15, -0.1) is 0 Å². The maximum atomic E-state index is 12.0. The lowest BCUT2D eigenvalue weighted by Gasteiger charge is -2.07. The third-order valence-electron chi connectivity index (χ3n) is 4.10. The molecule has 2 aromatic carbocycles. The summed E-state index contributed by atoms with van der Waals surface area (Å²) in [6.07, 6.45) is 0.500. The largest absolute Gasteiger partial charge is 0.454 e. The molecule has 5 nitrogen and oxygen atoms in total. The van der Waals surface area contributed by atoms with Gasteiger partial charge in [0.1, 0.15) is 11.3 Å². The Morgan fingerprint density at radius 2 is 2.04 bits per heavy atom. The first kappa shape index (κ1) is 15.4. The van der Waals surface area contributed by atoms with Crippen LogP contribution in [0.2, 0.25) is 0 Å². The molecule has 5 heteroatoms. The smallest absolute Gasteiger partial charge is 0.224 e. The fourth-order valence-electron chi connectivity index (χ4n) is 2.96. The number of H-pyrrole nitrogens is 1. The number of benzene rings is 2. The lowest BCUT2D eigenvalue weighted by molar-refractivity contribution is -0.116. The first-order chi connectivity index (χ1) is 12.1. The number of nitrogens with one attached hydrogen (secondary N) is 2. The predicted octanol–water partition coefficient (Wildman–Crippen LogP) is 4.96. The molecular formula is C20H19N3O2. The van der Waals surface area contributed by atoms with E-state index in [0.717, 1.165) is 33.3 Å². The molecule has 0 bridgehead atoms. The highest BCUT2D eigenvalue weighted by Crippen LogP contribution is 2.32. The highest BCUT2D eigenvalue weighted by molar-refractivity contribution is 5.98. The van der Waals surface area contributed by atoms with Crippen LogP contribution in [0.15, 0.2) is 52.9 Å². The molecule has 0 radical (unpaired) electrons. The second kappa shape index (κ2) is 6.09. The molecule has 0 spiro atoms. The minimum absolute atomic E-state index is 0.0168. The number of aromatic nitrogens is 2. The minimum Gasteiger partial charge on any atom is -0.454 e. The Morgan fingerprint density at radius 1 is 1.20 bits per heavy atom. The molecule has 4 rings (SSSR count). The van der Waals surface area contributed by atoms with Crippen LogP contribution in [0.3, 0.4) is 0 Å². The number of hydrogen-bond acceptors (Lipinski definition) is 3. The van der Waals surface area contributed by atoms with Gasteiger partial charge in [0.15, 0.2) is 5.76 Å². The Balaban J connectivity index is 1.72. The number of anilines is 1. The second-order valence-corrected chi connectivity index (χ2v) is 6.63. The molecular weight excluding hydrogens is 314 g/mol. The van der Waals surface area contributed by atoms with Crippen LogP contribution in [-0.2, 0) is 4.79 Å². The van der Waals surface area contributed by atoms with Gasteiger partial charge in [-0.25, -0.2) is 0 Å². The van der Waals surface area contributed by atoms with Gasteiger partial charge >= 0.3 is 0 Å². The molecule has 126 valence electrons. The van der Waals surface area contributed by atoms with E-state index in [9.17, 15) is 4.79 Å². The average Bonchev–Trinajstić information content (AvgIpc) is 3.16. The van der Waals surface area contributed by atoms with Crippen molar-refractivity contribution in [2.75, 3.05) is 5.32 Å². The van der Waals surface area contributed by atoms with Crippen LogP contribution in [0.4, 0.5) is 5.69 Å². The van der Waals surface area contributed by atoms with E-state index < -0.39 is 0 Å². The fourth-order valence-corrected chi connectivity index (χ4v) is 2.96. The number of para-hydroxylation sites is 1. The molecule has 0 aliphatic heterocycles. The summed E-state index contributed by atoms with van der Waals surface area (Å²) in [5.41, 5.74) is 3.23. The molecule has 0 fully saturated rings. The van der Waals surface area contributed by atoms with Crippen molar-refractivity contribution >= 4 is 33.5 Å². The van der Waals surface area contributed by atoms with Crippen molar-refractivity contribution in [3.05, 3.63) is 48.5 Å². The quantitative estimate of drug-likeness (QED) is 0.554. The highest BCUT2D eigenvalue weighted by Gasteiger charge is 2.14. The number of carbonyl (C=O) groups is 1. The minimum atomic E-state index is 0.0168. The Hall–Kier alpha value is -3.08. The van der Waals surface area contributed by atoms with E-state index in [1.807, 2.05) is 62.4 Å². The van der Waals surface area contributed by atoms with Crippen LogP contribution in [0.5, 0.6) is 0 Å². The summed E-state index contributed by atoms with van der Waals surface area (Å²) in [6.45, 7) is 4.05. The predicted molar refractivity (Wildman–Crippen MR) is 99.4 cm³/mol. The number of hydrogen-bond donors (Lipinski definition) is 2. The van der Waals surface area contributed by atoms with Crippen LogP contribution in [-0.4, -0.2) is 16.1 Å². The van der Waals surface area contributed by atoms with E-state index in [0.29, 0.717) is 18.1 Å². The standard InChI is InChI=1S/C20H19N3O2/c1-12(2)9-19(24)21-14-7-8-16-15(11-14)20(23-22-16)18-10-13-5-3-4-6-17(13)25-18/h3-8,10-12H,9H2,1-2H3,(H,21,24)(H,22,23). The Labute approximate surface area is 145 Å². The number of furan rings is 1. The number of amides is 1. The van der Waals surface area contributed by atoms with Gasteiger partial charge in [0.2, 0.25) is 5.91 Å². The van der Waals surface area contributed by atoms with E-state index in [-0.39, 0.29) is 5.91 Å². The summed E-state index contributed by atoms with van der Waals surface area (Å²) in [7, 11) is 0. The van der Waals surface area contributed by atoms with E-state index in [1.165, 1.54) is 0 Å². The lowest BCUT2D eigenvalue weighted by Crippen LogP contribution is -2.13. The third-order valence-corrected chi connectivity index (χ3v) is 4.10. The second-order valence-electron chi connectivity index (χ2n) is 6.63. The van der Waals surface area contributed by atoms with Crippen LogP contribution in [0.25, 0.3) is 33.3 Å². The molecule has 0 saturated heterocycles. The van der Waals surface area contributed by atoms with E-state index >= 15 is 0 Å². The molecule has 4 aromatic rings. The summed E-state index contributed by atoms with van der Waals surface area (Å²) in [6, 6.07) is 15.6. The van der Waals surface area contributed by atoms with E-state index in [1.54, 1.807) is 0 Å². The number of carbonyl (C=O) groups excluding carboxylic acids is 1. The van der Waals surface area contributed by atoms with Gasteiger partial charge in [-0.2, -0.15) is 5.10 Å². The molecule has 0 unspecified atom stereocenters. The van der Waals surface area contributed by atoms with Gasteiger partial charge in [0.05, 0.1) is 5.52 Å². The van der Waals surface area contributed by atoms with Crippen LogP contribution >= 0.6 is 0 Å².